The molecule has 0 spiro atoms. The minimum Gasteiger partial charge on any atom is -0.481 e. The molecule has 0 aromatic heterocycles. The molecule has 1 heterocycles. The van der Waals surface area contributed by atoms with E-state index in [1.165, 1.54) is 0 Å². The maximum absolute atomic E-state index is 10.6. The molecule has 68 valence electrons. The van der Waals surface area contributed by atoms with Crippen molar-refractivity contribution >= 4 is 13.0 Å². The molecule has 1 aliphatic heterocycles. The summed E-state index contributed by atoms with van der Waals surface area (Å²) in [6, 6.07) is 0. The zero-order valence-corrected chi connectivity index (χ0v) is 7.23. The predicted octanol–water partition coefficient (Wildman–Crippen LogP) is -0.107. The Kier molecular flexibility index (Phi) is 3.11. The first kappa shape index (κ1) is 9.54. The van der Waals surface area contributed by atoms with Gasteiger partial charge in [-0.3, -0.25) is 4.79 Å². The Balaban J connectivity index is 2.46. The van der Waals surface area contributed by atoms with Crippen LogP contribution in [0, 0.1) is 5.92 Å². The van der Waals surface area contributed by atoms with E-state index in [1.807, 2.05) is 0 Å². The molecule has 1 fully saturated rings. The fourth-order valence-corrected chi connectivity index (χ4v) is 1.55. The normalized spacial score (nSPS) is 25.3. The van der Waals surface area contributed by atoms with Gasteiger partial charge in [0, 0.05) is 6.54 Å². The second-order valence-electron chi connectivity index (χ2n) is 3.30. The molecule has 1 atom stereocenters. The predicted molar refractivity (Wildman–Crippen MR) is 45.8 cm³/mol. The molecular weight excluding hydrogens is 157 g/mol. The van der Waals surface area contributed by atoms with Crippen molar-refractivity contribution in [3.63, 3.8) is 0 Å². The number of carboxylic acids is 1. The summed E-state index contributed by atoms with van der Waals surface area (Å²) in [5.74, 6) is -1.05. The lowest BCUT2D eigenvalue weighted by Crippen LogP contribution is -2.46. The van der Waals surface area contributed by atoms with E-state index in [0.29, 0.717) is 6.54 Å². The molecule has 0 aliphatic carbocycles. The van der Waals surface area contributed by atoms with Crippen LogP contribution in [-0.2, 0) is 4.79 Å². The van der Waals surface area contributed by atoms with Crippen LogP contribution in [0.25, 0.3) is 0 Å². The molecule has 2 N–H and O–H groups in total. The molecule has 4 nitrogen and oxygen atoms in total. The van der Waals surface area contributed by atoms with Crippen molar-refractivity contribution in [1.82, 2.24) is 4.81 Å². The summed E-state index contributed by atoms with van der Waals surface area (Å²) in [5, 5.41) is 17.9. The Morgan fingerprint density at radius 1 is 1.67 bits per heavy atom. The molecule has 1 aliphatic rings. The molecule has 0 amide bonds. The van der Waals surface area contributed by atoms with E-state index in [0.717, 1.165) is 19.4 Å². The molecule has 0 bridgehead atoms. The second kappa shape index (κ2) is 3.91. The first-order chi connectivity index (χ1) is 5.61. The van der Waals surface area contributed by atoms with Gasteiger partial charge >= 0.3 is 13.0 Å². The third kappa shape index (κ3) is 2.22. The zero-order valence-electron chi connectivity index (χ0n) is 7.23. The smallest absolute Gasteiger partial charge is 0.376 e. The molecule has 1 saturated heterocycles. The highest BCUT2D eigenvalue weighted by molar-refractivity contribution is 6.45. The Morgan fingerprint density at radius 3 is 2.83 bits per heavy atom. The van der Waals surface area contributed by atoms with Crippen molar-refractivity contribution < 1.29 is 14.9 Å². The number of carbonyl (C=O) groups is 1. The van der Waals surface area contributed by atoms with E-state index in [1.54, 1.807) is 11.6 Å². The molecule has 0 aromatic rings. The molecule has 0 saturated carbocycles. The van der Waals surface area contributed by atoms with Crippen molar-refractivity contribution in [3.8, 4) is 0 Å². The van der Waals surface area contributed by atoms with E-state index >= 15 is 0 Å². The average molecular weight is 171 g/mol. The molecule has 0 aromatic carbocycles. The molecule has 12 heavy (non-hydrogen) atoms. The standard InChI is InChI=1S/C7H14BNO3/c1-8(12)9-4-2-3-6(5-9)7(10)11/h6,12H,2-5H2,1H3,(H,10,11). The fraction of sp³-hybridized carbons (Fsp3) is 0.857. The van der Waals surface area contributed by atoms with Crippen LogP contribution in [0.1, 0.15) is 12.8 Å². The monoisotopic (exact) mass is 171 g/mol. The van der Waals surface area contributed by atoms with Gasteiger partial charge in [0.25, 0.3) is 0 Å². The highest BCUT2D eigenvalue weighted by atomic mass is 16.4. The van der Waals surface area contributed by atoms with Crippen molar-refractivity contribution in [3.05, 3.63) is 0 Å². The van der Waals surface area contributed by atoms with Gasteiger partial charge in [0.15, 0.2) is 0 Å². The van der Waals surface area contributed by atoms with E-state index in [2.05, 4.69) is 0 Å². The number of nitrogens with zero attached hydrogens (tertiary/aromatic N) is 1. The van der Waals surface area contributed by atoms with E-state index in [9.17, 15) is 9.82 Å². The molecule has 0 radical (unpaired) electrons. The van der Waals surface area contributed by atoms with Crippen LogP contribution in [0.4, 0.5) is 0 Å². The fourth-order valence-electron chi connectivity index (χ4n) is 1.55. The Morgan fingerprint density at radius 2 is 2.33 bits per heavy atom. The summed E-state index contributed by atoms with van der Waals surface area (Å²) in [6.07, 6.45) is 1.60. The number of hydrogen-bond acceptors (Lipinski definition) is 3. The Bertz CT molecular complexity index is 174. The Labute approximate surface area is 72.3 Å². The van der Waals surface area contributed by atoms with Crippen molar-refractivity contribution in [2.45, 2.75) is 19.7 Å². The van der Waals surface area contributed by atoms with Gasteiger partial charge in [0.05, 0.1) is 5.92 Å². The maximum Gasteiger partial charge on any atom is 0.376 e. The summed E-state index contributed by atoms with van der Waals surface area (Å²) in [7, 11) is -0.521. The van der Waals surface area contributed by atoms with Crippen LogP contribution in [0.2, 0.25) is 6.82 Å². The Hall–Kier alpha value is -0.545. The molecule has 1 rings (SSSR count). The first-order valence-electron chi connectivity index (χ1n) is 4.26. The van der Waals surface area contributed by atoms with Crippen molar-refractivity contribution in [2.24, 2.45) is 5.92 Å². The van der Waals surface area contributed by atoms with Gasteiger partial charge in [-0.25, -0.2) is 0 Å². The van der Waals surface area contributed by atoms with Crippen molar-refractivity contribution in [2.75, 3.05) is 13.1 Å². The topological polar surface area (TPSA) is 60.8 Å². The minimum atomic E-state index is -0.750. The third-order valence-electron chi connectivity index (χ3n) is 2.33. The van der Waals surface area contributed by atoms with E-state index in [4.69, 9.17) is 5.11 Å². The van der Waals surface area contributed by atoms with Gasteiger partial charge in [-0.2, -0.15) is 0 Å². The third-order valence-corrected chi connectivity index (χ3v) is 2.33. The van der Waals surface area contributed by atoms with Gasteiger partial charge in [0.2, 0.25) is 0 Å². The highest BCUT2D eigenvalue weighted by Crippen LogP contribution is 2.16. The highest BCUT2D eigenvalue weighted by Gasteiger charge is 2.28. The zero-order chi connectivity index (χ0) is 9.14. The van der Waals surface area contributed by atoms with Crippen LogP contribution in [0.5, 0.6) is 0 Å². The molecule has 5 heteroatoms. The molecule has 1 unspecified atom stereocenters. The van der Waals surface area contributed by atoms with Gasteiger partial charge < -0.3 is 14.9 Å². The van der Waals surface area contributed by atoms with E-state index in [-0.39, 0.29) is 5.92 Å². The quantitative estimate of drug-likeness (QED) is 0.569. The summed E-state index contributed by atoms with van der Waals surface area (Å²) < 4.78 is 0. The SMILES string of the molecule is CB(O)N1CCCC(C(=O)O)C1. The van der Waals surface area contributed by atoms with Crippen LogP contribution in [-0.4, -0.2) is 41.1 Å². The maximum atomic E-state index is 10.6. The minimum absolute atomic E-state index is 0.298. The van der Waals surface area contributed by atoms with Crippen LogP contribution >= 0.6 is 0 Å². The van der Waals surface area contributed by atoms with Crippen LogP contribution in [0.15, 0.2) is 0 Å². The summed E-state index contributed by atoms with van der Waals surface area (Å²) in [5.41, 5.74) is 0. The number of piperidine rings is 1. The first-order valence-corrected chi connectivity index (χ1v) is 4.26. The molecular formula is C7H14BNO3. The summed E-state index contributed by atoms with van der Waals surface area (Å²) in [4.78, 5) is 12.4. The summed E-state index contributed by atoms with van der Waals surface area (Å²) in [6.45, 7) is 2.96. The van der Waals surface area contributed by atoms with Crippen LogP contribution < -0.4 is 0 Å². The number of aliphatic carboxylic acids is 1. The lowest BCUT2D eigenvalue weighted by atomic mass is 9.81. The van der Waals surface area contributed by atoms with Crippen LogP contribution in [0.3, 0.4) is 0 Å². The second-order valence-corrected chi connectivity index (χ2v) is 3.30. The van der Waals surface area contributed by atoms with Gasteiger partial charge in [-0.15, -0.1) is 0 Å². The van der Waals surface area contributed by atoms with Gasteiger partial charge in [0.1, 0.15) is 0 Å². The lowest BCUT2D eigenvalue weighted by molar-refractivity contribution is -0.143. The van der Waals surface area contributed by atoms with Gasteiger partial charge in [-0.05, 0) is 26.2 Å². The lowest BCUT2D eigenvalue weighted by Gasteiger charge is -2.31. The van der Waals surface area contributed by atoms with E-state index < -0.39 is 13.0 Å². The van der Waals surface area contributed by atoms with Gasteiger partial charge in [-0.1, -0.05) is 0 Å². The number of rotatable bonds is 2. The number of hydrogen-bond donors (Lipinski definition) is 2. The average Bonchev–Trinajstić information content (AvgIpc) is 2.04. The largest absolute Gasteiger partial charge is 0.481 e. The summed E-state index contributed by atoms with van der Waals surface area (Å²) >= 11 is 0. The van der Waals surface area contributed by atoms with Crippen molar-refractivity contribution in [1.29, 1.82) is 0 Å². The number of carboxylic acid groups (broad SMARTS) is 1.